The van der Waals surface area contributed by atoms with Crippen LogP contribution < -0.4 is 10.6 Å². The van der Waals surface area contributed by atoms with E-state index >= 15 is 0 Å². The Kier molecular flexibility index (Phi) is 4.34. The first kappa shape index (κ1) is 15.4. The molecule has 0 fully saturated rings. The minimum absolute atomic E-state index is 0.296. The van der Waals surface area contributed by atoms with Crippen LogP contribution >= 0.6 is 0 Å². The fraction of sp³-hybridized carbons (Fsp3) is 0.0556. The van der Waals surface area contributed by atoms with Gasteiger partial charge >= 0.3 is 0 Å². The Hall–Kier alpha value is -3.46. The molecule has 0 radical (unpaired) electrons. The van der Waals surface area contributed by atoms with Gasteiger partial charge < -0.3 is 10.6 Å². The van der Waals surface area contributed by atoms with Crippen molar-refractivity contribution in [3.63, 3.8) is 0 Å². The van der Waals surface area contributed by atoms with Crippen LogP contribution in [0, 0.1) is 24.1 Å². The third kappa shape index (κ3) is 3.65. The Morgan fingerprint density at radius 2 is 1.75 bits per heavy atom. The molecular weight excluding hydrogens is 305 g/mol. The molecule has 0 aliphatic carbocycles. The first-order valence-corrected chi connectivity index (χ1v) is 7.28. The highest BCUT2D eigenvalue weighted by Gasteiger charge is 2.06. The summed E-state index contributed by atoms with van der Waals surface area (Å²) in [5.74, 6) is 0.656. The van der Waals surface area contributed by atoms with E-state index in [1.807, 2.05) is 13.0 Å². The van der Waals surface area contributed by atoms with Gasteiger partial charge in [-0.15, -0.1) is 0 Å². The van der Waals surface area contributed by atoms with Crippen molar-refractivity contribution in [1.29, 1.82) is 5.26 Å². The van der Waals surface area contributed by atoms with Gasteiger partial charge in [0.25, 0.3) is 0 Å². The fourth-order valence-electron chi connectivity index (χ4n) is 2.18. The largest absolute Gasteiger partial charge is 0.340 e. The lowest BCUT2D eigenvalue weighted by Crippen LogP contribution is -2.03. The third-order valence-electron chi connectivity index (χ3n) is 3.26. The molecule has 0 unspecified atom stereocenters. The number of hydrogen-bond donors (Lipinski definition) is 2. The highest BCUT2D eigenvalue weighted by atomic mass is 19.1. The van der Waals surface area contributed by atoms with Crippen LogP contribution in [0.5, 0.6) is 0 Å². The van der Waals surface area contributed by atoms with Crippen LogP contribution in [-0.2, 0) is 0 Å². The van der Waals surface area contributed by atoms with Crippen molar-refractivity contribution in [2.75, 3.05) is 10.6 Å². The van der Waals surface area contributed by atoms with Crippen molar-refractivity contribution in [3.05, 3.63) is 71.7 Å². The van der Waals surface area contributed by atoms with E-state index in [0.717, 1.165) is 11.4 Å². The van der Waals surface area contributed by atoms with E-state index in [9.17, 15) is 4.39 Å². The Labute approximate surface area is 138 Å². The second-order valence-electron chi connectivity index (χ2n) is 5.13. The van der Waals surface area contributed by atoms with Crippen LogP contribution in [0.25, 0.3) is 0 Å². The maximum atomic E-state index is 13.0. The zero-order chi connectivity index (χ0) is 16.9. The molecule has 2 aromatic carbocycles. The summed E-state index contributed by atoms with van der Waals surface area (Å²) >= 11 is 0. The van der Waals surface area contributed by atoms with Gasteiger partial charge in [0.1, 0.15) is 17.7 Å². The van der Waals surface area contributed by atoms with Crippen LogP contribution in [0.3, 0.4) is 0 Å². The molecule has 1 heterocycles. The molecule has 118 valence electrons. The standard InChI is InChI=1S/C18H14FN5/c1-12-10-17(22-15-8-6-14(19)7-9-15)24-18(21-12)23-16-5-3-2-4-13(16)11-20/h2-10H,1H3,(H2,21,22,23,24). The van der Waals surface area contributed by atoms with Gasteiger partial charge in [-0.1, -0.05) is 12.1 Å². The smallest absolute Gasteiger partial charge is 0.229 e. The number of halogens is 1. The lowest BCUT2D eigenvalue weighted by molar-refractivity contribution is 0.628. The van der Waals surface area contributed by atoms with E-state index in [1.165, 1.54) is 12.1 Å². The van der Waals surface area contributed by atoms with Crippen LogP contribution in [0.15, 0.2) is 54.6 Å². The number of anilines is 4. The maximum Gasteiger partial charge on any atom is 0.229 e. The van der Waals surface area contributed by atoms with Crippen molar-refractivity contribution in [2.24, 2.45) is 0 Å². The molecule has 3 rings (SSSR count). The van der Waals surface area contributed by atoms with E-state index in [-0.39, 0.29) is 5.82 Å². The summed E-state index contributed by atoms with van der Waals surface area (Å²) in [6.07, 6.45) is 0. The van der Waals surface area contributed by atoms with Crippen molar-refractivity contribution in [2.45, 2.75) is 6.92 Å². The zero-order valence-electron chi connectivity index (χ0n) is 12.9. The highest BCUT2D eigenvalue weighted by Crippen LogP contribution is 2.21. The molecule has 5 nitrogen and oxygen atoms in total. The van der Waals surface area contributed by atoms with Crippen LogP contribution in [0.4, 0.5) is 27.5 Å². The molecular formula is C18H14FN5. The molecule has 0 saturated carbocycles. The van der Waals surface area contributed by atoms with Gasteiger partial charge in [-0.05, 0) is 43.3 Å². The van der Waals surface area contributed by atoms with E-state index < -0.39 is 0 Å². The number of aryl methyl sites for hydroxylation is 1. The van der Waals surface area contributed by atoms with E-state index in [0.29, 0.717) is 23.0 Å². The average molecular weight is 319 g/mol. The maximum absolute atomic E-state index is 13.0. The van der Waals surface area contributed by atoms with Gasteiger partial charge in [-0.2, -0.15) is 10.2 Å². The number of hydrogen-bond acceptors (Lipinski definition) is 5. The molecule has 0 atom stereocenters. The number of rotatable bonds is 4. The Morgan fingerprint density at radius 1 is 1.00 bits per heavy atom. The van der Waals surface area contributed by atoms with Crippen LogP contribution in [0.2, 0.25) is 0 Å². The molecule has 0 aliphatic rings. The van der Waals surface area contributed by atoms with Crippen molar-refractivity contribution in [1.82, 2.24) is 9.97 Å². The molecule has 6 heteroatoms. The van der Waals surface area contributed by atoms with Gasteiger partial charge in [-0.25, -0.2) is 9.37 Å². The second-order valence-corrected chi connectivity index (χ2v) is 5.13. The molecule has 0 bridgehead atoms. The number of para-hydroxylation sites is 1. The van der Waals surface area contributed by atoms with Crippen molar-refractivity contribution >= 4 is 23.1 Å². The highest BCUT2D eigenvalue weighted by molar-refractivity contribution is 5.64. The Balaban J connectivity index is 1.86. The fourth-order valence-corrected chi connectivity index (χ4v) is 2.18. The van der Waals surface area contributed by atoms with Gasteiger partial charge in [0.05, 0.1) is 11.3 Å². The average Bonchev–Trinajstić information content (AvgIpc) is 2.57. The third-order valence-corrected chi connectivity index (χ3v) is 3.26. The van der Waals surface area contributed by atoms with Crippen molar-refractivity contribution < 1.29 is 4.39 Å². The monoisotopic (exact) mass is 319 g/mol. The normalized spacial score (nSPS) is 10.0. The van der Waals surface area contributed by atoms with Gasteiger partial charge in [0.15, 0.2) is 0 Å². The summed E-state index contributed by atoms with van der Waals surface area (Å²) in [7, 11) is 0. The quantitative estimate of drug-likeness (QED) is 0.750. The van der Waals surface area contributed by atoms with E-state index in [4.69, 9.17) is 5.26 Å². The van der Waals surface area contributed by atoms with Crippen LogP contribution in [0.1, 0.15) is 11.3 Å². The minimum atomic E-state index is -0.296. The molecule has 2 N–H and O–H groups in total. The summed E-state index contributed by atoms with van der Waals surface area (Å²) in [6.45, 7) is 1.85. The Morgan fingerprint density at radius 3 is 2.50 bits per heavy atom. The Bertz CT molecular complexity index is 900. The summed E-state index contributed by atoms with van der Waals surface area (Å²) in [6, 6.07) is 17.0. The number of aromatic nitrogens is 2. The SMILES string of the molecule is Cc1cc(Nc2ccc(F)cc2)nc(Nc2ccccc2C#N)n1. The summed E-state index contributed by atoms with van der Waals surface area (Å²) in [5.41, 5.74) is 2.62. The molecule has 3 aromatic rings. The lowest BCUT2D eigenvalue weighted by Gasteiger charge is -2.10. The topological polar surface area (TPSA) is 73.6 Å². The summed E-state index contributed by atoms with van der Waals surface area (Å²) in [4.78, 5) is 8.71. The van der Waals surface area contributed by atoms with E-state index in [2.05, 4.69) is 26.7 Å². The molecule has 0 amide bonds. The summed E-state index contributed by atoms with van der Waals surface area (Å²) < 4.78 is 13.0. The lowest BCUT2D eigenvalue weighted by atomic mass is 10.2. The number of nitrogens with zero attached hydrogens (tertiary/aromatic N) is 3. The van der Waals surface area contributed by atoms with Gasteiger partial charge in [0.2, 0.25) is 5.95 Å². The molecule has 0 saturated heterocycles. The number of nitrogens with one attached hydrogen (secondary N) is 2. The summed E-state index contributed by atoms with van der Waals surface area (Å²) in [5, 5.41) is 15.3. The number of nitriles is 1. The molecule has 24 heavy (non-hydrogen) atoms. The molecule has 1 aromatic heterocycles. The molecule has 0 aliphatic heterocycles. The van der Waals surface area contributed by atoms with Gasteiger partial charge in [0, 0.05) is 17.4 Å². The zero-order valence-corrected chi connectivity index (χ0v) is 12.9. The van der Waals surface area contributed by atoms with Crippen molar-refractivity contribution in [3.8, 4) is 6.07 Å². The molecule has 0 spiro atoms. The number of benzene rings is 2. The minimum Gasteiger partial charge on any atom is -0.340 e. The second kappa shape index (κ2) is 6.75. The first-order chi connectivity index (χ1) is 11.6. The van der Waals surface area contributed by atoms with E-state index in [1.54, 1.807) is 36.4 Å². The predicted octanol–water partition coefficient (Wildman–Crippen LogP) is 4.28. The van der Waals surface area contributed by atoms with Crippen LogP contribution in [-0.4, -0.2) is 9.97 Å². The first-order valence-electron chi connectivity index (χ1n) is 7.28. The van der Waals surface area contributed by atoms with Gasteiger partial charge in [-0.3, -0.25) is 0 Å². The predicted molar refractivity (Wildman–Crippen MR) is 90.9 cm³/mol.